The van der Waals surface area contributed by atoms with Crippen molar-refractivity contribution in [2.75, 3.05) is 18.1 Å². The van der Waals surface area contributed by atoms with E-state index in [-0.39, 0.29) is 11.8 Å². The first-order valence-electron chi connectivity index (χ1n) is 6.65. The van der Waals surface area contributed by atoms with Crippen LogP contribution in [0, 0.1) is 10.1 Å². The molecule has 110 valence electrons. The molecular formula is C12H18N4O4. The summed E-state index contributed by atoms with van der Waals surface area (Å²) in [4.78, 5) is 28.1. The summed E-state index contributed by atoms with van der Waals surface area (Å²) in [6.07, 6.45) is 3.83. The van der Waals surface area contributed by atoms with Gasteiger partial charge in [0, 0.05) is 13.6 Å². The second-order valence-corrected chi connectivity index (χ2v) is 4.72. The van der Waals surface area contributed by atoms with Crippen LogP contribution in [0.2, 0.25) is 0 Å². The zero-order valence-corrected chi connectivity index (χ0v) is 11.6. The number of imidazole rings is 1. The van der Waals surface area contributed by atoms with Crippen molar-refractivity contribution < 1.29 is 14.5 Å². The van der Waals surface area contributed by atoms with Gasteiger partial charge in [0.15, 0.2) is 0 Å². The van der Waals surface area contributed by atoms with Crippen LogP contribution < -0.4 is 4.90 Å². The third-order valence-corrected chi connectivity index (χ3v) is 3.39. The number of piperidine rings is 1. The largest absolute Gasteiger partial charge is 0.464 e. The normalized spacial score (nSPS) is 18.9. The Kier molecular flexibility index (Phi) is 4.21. The van der Waals surface area contributed by atoms with E-state index < -0.39 is 11.0 Å². The molecule has 0 N–H and O–H groups in total. The summed E-state index contributed by atoms with van der Waals surface area (Å²) >= 11 is 0. The molecule has 8 heteroatoms. The van der Waals surface area contributed by atoms with Crippen molar-refractivity contribution in [3.05, 3.63) is 16.4 Å². The number of anilines is 1. The van der Waals surface area contributed by atoms with Crippen molar-refractivity contribution in [1.82, 2.24) is 9.55 Å². The number of aryl methyl sites for hydroxylation is 1. The number of aromatic nitrogens is 2. The van der Waals surface area contributed by atoms with Gasteiger partial charge in [0.05, 0.1) is 6.61 Å². The quantitative estimate of drug-likeness (QED) is 0.469. The van der Waals surface area contributed by atoms with E-state index in [1.54, 1.807) is 23.4 Å². The summed E-state index contributed by atoms with van der Waals surface area (Å²) in [5.41, 5.74) is 0. The average molecular weight is 282 g/mol. The lowest BCUT2D eigenvalue weighted by Gasteiger charge is -2.34. The monoisotopic (exact) mass is 282 g/mol. The van der Waals surface area contributed by atoms with Gasteiger partial charge in [-0.25, -0.2) is 4.79 Å². The highest BCUT2D eigenvalue weighted by Crippen LogP contribution is 2.31. The number of carbonyl (C=O) groups excluding carboxylic acids is 1. The van der Waals surface area contributed by atoms with E-state index in [9.17, 15) is 14.9 Å². The smallest absolute Gasteiger partial charge is 0.406 e. The summed E-state index contributed by atoms with van der Waals surface area (Å²) < 4.78 is 6.65. The topological polar surface area (TPSA) is 90.5 Å². The zero-order chi connectivity index (χ0) is 14.7. The Labute approximate surface area is 116 Å². The molecule has 20 heavy (non-hydrogen) atoms. The average Bonchev–Trinajstić information content (AvgIpc) is 2.81. The van der Waals surface area contributed by atoms with Gasteiger partial charge in [0.25, 0.3) is 0 Å². The number of rotatable bonds is 4. The minimum atomic E-state index is -0.522. The Morgan fingerprint density at radius 2 is 2.35 bits per heavy atom. The molecule has 1 aromatic heterocycles. The van der Waals surface area contributed by atoms with Crippen LogP contribution in [0.4, 0.5) is 11.6 Å². The van der Waals surface area contributed by atoms with Crippen LogP contribution in [-0.2, 0) is 16.6 Å². The second-order valence-electron chi connectivity index (χ2n) is 4.72. The first-order valence-corrected chi connectivity index (χ1v) is 6.65. The van der Waals surface area contributed by atoms with Gasteiger partial charge in [-0.3, -0.25) is 4.57 Å². The van der Waals surface area contributed by atoms with Crippen LogP contribution in [0.5, 0.6) is 0 Å². The van der Waals surface area contributed by atoms with Gasteiger partial charge in [0.2, 0.25) is 12.1 Å². The highest BCUT2D eigenvalue weighted by atomic mass is 16.6. The maximum atomic E-state index is 12.0. The molecule has 2 heterocycles. The Bertz CT molecular complexity index is 514. The predicted octanol–water partition coefficient (Wildman–Crippen LogP) is 1.25. The molecule has 0 radical (unpaired) electrons. The highest BCUT2D eigenvalue weighted by molar-refractivity contribution is 5.81. The minimum absolute atomic E-state index is 0.219. The zero-order valence-electron chi connectivity index (χ0n) is 11.6. The van der Waals surface area contributed by atoms with E-state index in [1.165, 1.54) is 6.33 Å². The van der Waals surface area contributed by atoms with Crippen LogP contribution in [0.25, 0.3) is 0 Å². The number of carbonyl (C=O) groups is 1. The molecule has 1 atom stereocenters. The minimum Gasteiger partial charge on any atom is -0.464 e. The van der Waals surface area contributed by atoms with Crippen molar-refractivity contribution in [3.8, 4) is 0 Å². The lowest BCUT2D eigenvalue weighted by molar-refractivity contribution is -0.388. The summed E-state index contributed by atoms with van der Waals surface area (Å²) in [6.45, 7) is 2.64. The summed E-state index contributed by atoms with van der Waals surface area (Å²) in [7, 11) is 1.69. The molecular weight excluding hydrogens is 264 g/mol. The van der Waals surface area contributed by atoms with Gasteiger partial charge in [0.1, 0.15) is 6.04 Å². The summed E-state index contributed by atoms with van der Waals surface area (Å²) in [5, 5.41) is 11.1. The van der Waals surface area contributed by atoms with Crippen LogP contribution in [0.15, 0.2) is 6.33 Å². The van der Waals surface area contributed by atoms with Gasteiger partial charge in [-0.15, -0.1) is 0 Å². The third kappa shape index (κ3) is 2.59. The first kappa shape index (κ1) is 14.3. The number of ether oxygens (including phenoxy) is 1. The maximum absolute atomic E-state index is 12.0. The Morgan fingerprint density at radius 3 is 3.00 bits per heavy atom. The molecule has 1 unspecified atom stereocenters. The van der Waals surface area contributed by atoms with E-state index in [0.29, 0.717) is 25.4 Å². The van der Waals surface area contributed by atoms with Crippen molar-refractivity contribution in [2.24, 2.45) is 7.05 Å². The van der Waals surface area contributed by atoms with Crippen LogP contribution in [0.3, 0.4) is 0 Å². The molecule has 0 bridgehead atoms. The second kappa shape index (κ2) is 5.89. The molecule has 1 saturated heterocycles. The van der Waals surface area contributed by atoms with Crippen molar-refractivity contribution in [2.45, 2.75) is 32.2 Å². The highest BCUT2D eigenvalue weighted by Gasteiger charge is 2.36. The molecule has 2 rings (SSSR count). The van der Waals surface area contributed by atoms with Crippen LogP contribution in [0.1, 0.15) is 26.2 Å². The molecule has 1 fully saturated rings. The molecule has 0 saturated carbocycles. The number of nitrogens with zero attached hydrogens (tertiary/aromatic N) is 4. The van der Waals surface area contributed by atoms with E-state index in [2.05, 4.69) is 4.98 Å². The third-order valence-electron chi connectivity index (χ3n) is 3.39. The Balaban J connectivity index is 2.35. The van der Waals surface area contributed by atoms with Gasteiger partial charge in [-0.2, -0.15) is 0 Å². The molecule has 1 aliphatic rings. The van der Waals surface area contributed by atoms with Crippen molar-refractivity contribution in [3.63, 3.8) is 0 Å². The molecule has 0 amide bonds. The lowest BCUT2D eigenvalue weighted by atomic mass is 10.0. The Hall–Kier alpha value is -2.12. The molecule has 0 aromatic carbocycles. The number of esters is 1. The maximum Gasteiger partial charge on any atom is 0.406 e. The SMILES string of the molecule is CCOC(=O)C1CCCCN1c1c([N+](=O)[O-])ncn1C. The van der Waals surface area contributed by atoms with Gasteiger partial charge < -0.3 is 19.8 Å². The molecule has 1 aliphatic heterocycles. The fourth-order valence-electron chi connectivity index (χ4n) is 2.54. The molecule has 1 aromatic rings. The molecule has 0 spiro atoms. The summed E-state index contributed by atoms with van der Waals surface area (Å²) in [5.74, 6) is -0.181. The number of hydrogen-bond donors (Lipinski definition) is 0. The fraction of sp³-hybridized carbons (Fsp3) is 0.667. The van der Waals surface area contributed by atoms with Crippen LogP contribution in [-0.4, -0.2) is 39.6 Å². The predicted molar refractivity (Wildman–Crippen MR) is 71.5 cm³/mol. The Morgan fingerprint density at radius 1 is 1.60 bits per heavy atom. The van der Waals surface area contributed by atoms with E-state index in [4.69, 9.17) is 4.74 Å². The lowest BCUT2D eigenvalue weighted by Crippen LogP contribution is -2.46. The van der Waals surface area contributed by atoms with Crippen molar-refractivity contribution >= 4 is 17.6 Å². The van der Waals surface area contributed by atoms with E-state index in [0.717, 1.165) is 12.8 Å². The van der Waals surface area contributed by atoms with Gasteiger partial charge in [-0.1, -0.05) is 0 Å². The van der Waals surface area contributed by atoms with E-state index in [1.807, 2.05) is 0 Å². The standard InChI is InChI=1S/C12H18N4O4/c1-3-20-12(17)9-6-4-5-7-15(9)11-10(16(18)19)13-8-14(11)2/h8-9H,3-7H2,1-2H3. The first-order chi connectivity index (χ1) is 9.56. The molecule has 0 aliphatic carbocycles. The van der Waals surface area contributed by atoms with Crippen molar-refractivity contribution in [1.29, 1.82) is 0 Å². The van der Waals surface area contributed by atoms with Gasteiger partial charge >= 0.3 is 11.8 Å². The van der Waals surface area contributed by atoms with Crippen LogP contribution >= 0.6 is 0 Å². The summed E-state index contributed by atoms with van der Waals surface area (Å²) in [6, 6.07) is -0.474. The molecule has 8 nitrogen and oxygen atoms in total. The van der Waals surface area contributed by atoms with Gasteiger partial charge in [-0.05, 0) is 36.1 Å². The number of nitro groups is 1. The fourth-order valence-corrected chi connectivity index (χ4v) is 2.54. The number of hydrogen-bond acceptors (Lipinski definition) is 6. The van der Waals surface area contributed by atoms with E-state index >= 15 is 0 Å².